The van der Waals surface area contributed by atoms with Crippen molar-refractivity contribution in [2.45, 2.75) is 13.8 Å². The van der Waals surface area contributed by atoms with Crippen molar-refractivity contribution in [3.63, 3.8) is 0 Å². The molecule has 0 aliphatic carbocycles. The van der Waals surface area contributed by atoms with Crippen molar-refractivity contribution in [2.24, 2.45) is 0 Å². The maximum Gasteiger partial charge on any atom is 0.372 e. The Bertz CT molecular complexity index is 485. The highest BCUT2D eigenvalue weighted by atomic mass is 32.1. The molecule has 0 N–H and O–H groups in total. The predicted molar refractivity (Wildman–Crippen MR) is 61.4 cm³/mol. The molecule has 6 nitrogen and oxygen atoms in total. The molecule has 0 radical (unpaired) electrons. The minimum Gasteiger partial charge on any atom is -0.305 e. The van der Waals surface area contributed by atoms with Crippen molar-refractivity contribution in [2.75, 3.05) is 13.2 Å². The van der Waals surface area contributed by atoms with Crippen molar-refractivity contribution < 1.29 is 13.6 Å². The lowest BCUT2D eigenvalue weighted by Gasteiger charge is -2.14. The summed E-state index contributed by atoms with van der Waals surface area (Å²) < 4.78 is 24.9. The largest absolute Gasteiger partial charge is 0.372 e. The van der Waals surface area contributed by atoms with Crippen LogP contribution in [0, 0.1) is 0 Å². The van der Waals surface area contributed by atoms with Crippen LogP contribution < -0.4 is 4.62 Å². The van der Waals surface area contributed by atoms with Gasteiger partial charge in [0, 0.05) is 0 Å². The standard InChI is InChI=1S/C8H12N3O3PS/c1-3-13-15(12,14-4-2)7-5-11-8(16-7)9-6-10-11/h5-6H,3-4H2,1-2H3. The van der Waals surface area contributed by atoms with Crippen LogP contribution in [0.2, 0.25) is 0 Å². The van der Waals surface area contributed by atoms with Crippen LogP contribution in [0.15, 0.2) is 12.5 Å². The van der Waals surface area contributed by atoms with Gasteiger partial charge in [-0.2, -0.15) is 5.10 Å². The van der Waals surface area contributed by atoms with Crippen LogP contribution in [0.3, 0.4) is 0 Å². The van der Waals surface area contributed by atoms with Gasteiger partial charge in [0.1, 0.15) is 10.9 Å². The average Bonchev–Trinajstić information content (AvgIpc) is 2.77. The molecule has 0 spiro atoms. The van der Waals surface area contributed by atoms with E-state index in [1.165, 1.54) is 17.7 Å². The van der Waals surface area contributed by atoms with Crippen LogP contribution in [0.25, 0.3) is 4.96 Å². The molecule has 0 saturated heterocycles. The van der Waals surface area contributed by atoms with Crippen molar-refractivity contribution >= 4 is 28.5 Å². The maximum absolute atomic E-state index is 12.4. The average molecular weight is 261 g/mol. The third-order valence-electron chi connectivity index (χ3n) is 1.84. The van der Waals surface area contributed by atoms with Gasteiger partial charge in [-0.1, -0.05) is 11.3 Å². The van der Waals surface area contributed by atoms with Gasteiger partial charge >= 0.3 is 7.60 Å². The molecule has 0 bridgehead atoms. The first-order chi connectivity index (χ1) is 7.69. The first-order valence-corrected chi connectivity index (χ1v) is 7.24. The Balaban J connectivity index is 2.39. The lowest BCUT2D eigenvalue weighted by atomic mass is 10.9. The van der Waals surface area contributed by atoms with Crippen LogP contribution in [-0.2, 0) is 13.6 Å². The van der Waals surface area contributed by atoms with Crippen molar-refractivity contribution in [3.05, 3.63) is 12.5 Å². The summed E-state index contributed by atoms with van der Waals surface area (Å²) in [5, 5.41) is 3.96. The molecule has 2 aromatic heterocycles. The Kier molecular flexibility index (Phi) is 3.39. The fourth-order valence-electron chi connectivity index (χ4n) is 1.26. The van der Waals surface area contributed by atoms with Gasteiger partial charge in [0.05, 0.1) is 19.4 Å². The predicted octanol–water partition coefficient (Wildman–Crippen LogP) is 1.68. The Morgan fingerprint density at radius 1 is 1.44 bits per heavy atom. The van der Waals surface area contributed by atoms with Gasteiger partial charge in [-0.25, -0.2) is 9.50 Å². The van der Waals surface area contributed by atoms with Crippen molar-refractivity contribution in [3.8, 4) is 0 Å². The number of hydrogen-bond donors (Lipinski definition) is 0. The summed E-state index contributed by atoms with van der Waals surface area (Å²) in [4.78, 5) is 4.69. The van der Waals surface area contributed by atoms with Crippen LogP contribution in [0.4, 0.5) is 0 Å². The van der Waals surface area contributed by atoms with E-state index in [0.29, 0.717) is 22.8 Å². The molecule has 16 heavy (non-hydrogen) atoms. The Morgan fingerprint density at radius 2 is 2.12 bits per heavy atom. The van der Waals surface area contributed by atoms with Gasteiger partial charge in [0.15, 0.2) is 0 Å². The zero-order valence-electron chi connectivity index (χ0n) is 8.99. The highest BCUT2D eigenvalue weighted by molar-refractivity contribution is 7.69. The number of aromatic nitrogens is 3. The van der Waals surface area contributed by atoms with E-state index in [0.717, 1.165) is 0 Å². The molecule has 0 amide bonds. The lowest BCUT2D eigenvalue weighted by molar-refractivity contribution is 0.230. The molecule has 0 saturated carbocycles. The van der Waals surface area contributed by atoms with E-state index in [1.54, 1.807) is 24.6 Å². The summed E-state index contributed by atoms with van der Waals surface area (Å²) in [6.45, 7) is 4.24. The lowest BCUT2D eigenvalue weighted by Crippen LogP contribution is -2.07. The highest BCUT2D eigenvalue weighted by Crippen LogP contribution is 2.48. The minimum atomic E-state index is -3.19. The number of rotatable bonds is 5. The fraction of sp³-hybridized carbons (Fsp3) is 0.500. The van der Waals surface area contributed by atoms with E-state index in [1.807, 2.05) is 0 Å². The van der Waals surface area contributed by atoms with E-state index < -0.39 is 7.60 Å². The zero-order chi connectivity index (χ0) is 11.6. The van der Waals surface area contributed by atoms with E-state index in [2.05, 4.69) is 10.1 Å². The first kappa shape index (κ1) is 11.7. The smallest absolute Gasteiger partial charge is 0.305 e. The number of nitrogens with zero attached hydrogens (tertiary/aromatic N) is 3. The third-order valence-corrected chi connectivity index (χ3v) is 5.42. The van der Waals surface area contributed by atoms with E-state index in [4.69, 9.17) is 9.05 Å². The first-order valence-electron chi connectivity index (χ1n) is 4.88. The Labute approximate surface area is 96.7 Å². The molecule has 8 heteroatoms. The molecule has 2 aromatic rings. The number of fused-ring (bicyclic) bond motifs is 1. The summed E-state index contributed by atoms with van der Waals surface area (Å²) >= 11 is 1.27. The maximum atomic E-state index is 12.4. The summed E-state index contributed by atoms with van der Waals surface area (Å²) in [5.41, 5.74) is 0. The van der Waals surface area contributed by atoms with Gasteiger partial charge in [-0.05, 0) is 13.8 Å². The third kappa shape index (κ3) is 2.04. The van der Waals surface area contributed by atoms with E-state index >= 15 is 0 Å². The number of thiazole rings is 1. The topological polar surface area (TPSA) is 65.7 Å². The van der Waals surface area contributed by atoms with Crippen LogP contribution >= 0.6 is 18.9 Å². The Hall–Kier alpha value is -0.750. The summed E-state index contributed by atoms with van der Waals surface area (Å²) in [6.07, 6.45) is 3.08. The van der Waals surface area contributed by atoms with Gasteiger partial charge < -0.3 is 9.05 Å². The molecule has 0 fully saturated rings. The molecule has 88 valence electrons. The second-order valence-electron chi connectivity index (χ2n) is 2.89. The Morgan fingerprint density at radius 3 is 2.69 bits per heavy atom. The zero-order valence-corrected chi connectivity index (χ0v) is 10.7. The van der Waals surface area contributed by atoms with E-state index in [9.17, 15) is 4.57 Å². The summed E-state index contributed by atoms with van der Waals surface area (Å²) in [7, 11) is -3.19. The second kappa shape index (κ2) is 4.63. The van der Waals surface area contributed by atoms with Gasteiger partial charge in [-0.3, -0.25) is 4.57 Å². The van der Waals surface area contributed by atoms with Crippen molar-refractivity contribution in [1.29, 1.82) is 0 Å². The van der Waals surface area contributed by atoms with Crippen LogP contribution in [0.5, 0.6) is 0 Å². The van der Waals surface area contributed by atoms with Gasteiger partial charge in [-0.15, -0.1) is 0 Å². The molecule has 2 rings (SSSR count). The molecule has 0 aromatic carbocycles. The molecule has 0 aliphatic heterocycles. The molecule has 0 aliphatic rings. The van der Waals surface area contributed by atoms with E-state index in [-0.39, 0.29) is 0 Å². The van der Waals surface area contributed by atoms with Crippen LogP contribution in [0.1, 0.15) is 13.8 Å². The quantitative estimate of drug-likeness (QED) is 0.766. The monoisotopic (exact) mass is 261 g/mol. The highest BCUT2D eigenvalue weighted by Gasteiger charge is 2.29. The molecular formula is C8H12N3O3PS. The SMILES string of the molecule is CCOP(=O)(OCC)c1cn2ncnc2s1. The molecule has 0 atom stereocenters. The van der Waals surface area contributed by atoms with Crippen LogP contribution in [-0.4, -0.2) is 27.8 Å². The van der Waals surface area contributed by atoms with Gasteiger partial charge in [0.2, 0.25) is 4.96 Å². The molecule has 0 unspecified atom stereocenters. The second-order valence-corrected chi connectivity index (χ2v) is 6.19. The summed E-state index contributed by atoms with van der Waals surface area (Å²) in [5.74, 6) is 0. The summed E-state index contributed by atoms with van der Waals surface area (Å²) in [6, 6.07) is 0. The normalized spacial score (nSPS) is 12.4. The minimum absolute atomic E-state index is 0.338. The molecule has 2 heterocycles. The van der Waals surface area contributed by atoms with Crippen molar-refractivity contribution in [1.82, 2.24) is 14.6 Å². The number of hydrogen-bond acceptors (Lipinski definition) is 6. The fourth-order valence-corrected chi connectivity index (χ4v) is 4.16. The molecular weight excluding hydrogens is 249 g/mol. The van der Waals surface area contributed by atoms with Gasteiger partial charge in [0.25, 0.3) is 0 Å².